The van der Waals surface area contributed by atoms with Crippen molar-refractivity contribution in [3.05, 3.63) is 64.7 Å². The molecule has 0 aromatic heterocycles. The van der Waals surface area contributed by atoms with E-state index in [1.165, 1.54) is 6.21 Å². The van der Waals surface area contributed by atoms with E-state index in [0.29, 0.717) is 0 Å². The van der Waals surface area contributed by atoms with Gasteiger partial charge in [-0.05, 0) is 24.6 Å². The number of rotatable bonds is 5. The molecule has 120 valence electrons. The van der Waals surface area contributed by atoms with Gasteiger partial charge in [0.15, 0.2) is 17.4 Å². The van der Waals surface area contributed by atoms with Crippen molar-refractivity contribution in [2.75, 3.05) is 0 Å². The zero-order valence-corrected chi connectivity index (χ0v) is 12.0. The van der Waals surface area contributed by atoms with Crippen LogP contribution in [0.3, 0.4) is 0 Å². The number of hydrogen-bond donors (Lipinski definition) is 0. The number of benzene rings is 2. The van der Waals surface area contributed by atoms with Crippen molar-refractivity contribution in [3.8, 4) is 5.75 Å². The zero-order chi connectivity index (χ0) is 16.8. The molecule has 2 aromatic carbocycles. The maximum Gasteiger partial charge on any atom is 0.387 e. The van der Waals surface area contributed by atoms with Crippen molar-refractivity contribution in [3.63, 3.8) is 0 Å². The molecule has 0 radical (unpaired) electrons. The van der Waals surface area contributed by atoms with E-state index in [2.05, 4.69) is 14.9 Å². The Hall–Kier alpha value is -2.70. The topological polar surface area (TPSA) is 34.0 Å². The lowest BCUT2D eigenvalue weighted by Gasteiger charge is -2.07. The summed E-state index contributed by atoms with van der Waals surface area (Å²) in [5.74, 6) is -3.61. The molecule has 0 heterocycles. The third-order valence-corrected chi connectivity index (χ3v) is 2.79. The minimum Gasteiger partial charge on any atom is -0.429 e. The molecule has 0 saturated heterocycles. The second-order valence-corrected chi connectivity index (χ2v) is 4.59. The van der Waals surface area contributed by atoms with E-state index >= 15 is 0 Å². The third-order valence-electron chi connectivity index (χ3n) is 2.79. The van der Waals surface area contributed by atoms with Gasteiger partial charge in [-0.2, -0.15) is 19.0 Å². The first kappa shape index (κ1) is 16.7. The minimum atomic E-state index is -3.31. The van der Waals surface area contributed by atoms with E-state index in [9.17, 15) is 17.6 Å². The largest absolute Gasteiger partial charge is 0.429 e. The monoisotopic (exact) mass is 324 g/mol. The van der Waals surface area contributed by atoms with E-state index in [1.807, 2.05) is 31.2 Å². The van der Waals surface area contributed by atoms with Crippen LogP contribution in [-0.2, 0) is 0 Å². The van der Waals surface area contributed by atoms with E-state index in [1.54, 1.807) is 0 Å². The lowest BCUT2D eigenvalue weighted by molar-refractivity contribution is -0.0546. The second-order valence-electron chi connectivity index (χ2n) is 4.59. The maximum atomic E-state index is 13.5. The summed E-state index contributed by atoms with van der Waals surface area (Å²) >= 11 is 0. The number of hydrogen-bond acceptors (Lipinski definition) is 3. The van der Waals surface area contributed by atoms with Gasteiger partial charge in [0.05, 0.1) is 12.4 Å². The van der Waals surface area contributed by atoms with Crippen LogP contribution >= 0.6 is 0 Å². The molecule has 0 spiro atoms. The van der Waals surface area contributed by atoms with Crippen LogP contribution in [0.25, 0.3) is 0 Å². The molecular weight excluding hydrogens is 312 g/mol. The SMILES string of the molecule is Cc1ccc(C=NN=Cc2cc(F)c(OC(F)F)c(F)c2)cc1. The number of aryl methyl sites for hydroxylation is 1. The molecule has 2 aromatic rings. The van der Waals surface area contributed by atoms with Gasteiger partial charge >= 0.3 is 6.61 Å². The molecule has 0 atom stereocenters. The molecule has 23 heavy (non-hydrogen) atoms. The quantitative estimate of drug-likeness (QED) is 0.458. The van der Waals surface area contributed by atoms with E-state index in [0.717, 1.165) is 29.5 Å². The Balaban J connectivity index is 2.09. The Morgan fingerprint density at radius 3 is 1.96 bits per heavy atom. The van der Waals surface area contributed by atoms with Crippen LogP contribution in [0.4, 0.5) is 17.6 Å². The standard InChI is InChI=1S/C16H12F4N2O/c1-10-2-4-11(5-3-10)8-21-22-9-12-6-13(17)15(14(18)7-12)23-16(19)20/h2-9,16H,1H3. The van der Waals surface area contributed by atoms with Crippen LogP contribution in [0.15, 0.2) is 46.6 Å². The minimum absolute atomic E-state index is 0.0303. The summed E-state index contributed by atoms with van der Waals surface area (Å²) in [5.41, 5.74) is 1.94. The molecule has 0 aliphatic heterocycles. The molecule has 2 rings (SSSR count). The Bertz CT molecular complexity index is 704. The molecule has 0 bridgehead atoms. The summed E-state index contributed by atoms with van der Waals surface area (Å²) in [6, 6.07) is 9.13. The molecule has 0 fully saturated rings. The lowest BCUT2D eigenvalue weighted by atomic mass is 10.2. The average Bonchev–Trinajstić information content (AvgIpc) is 2.49. The molecule has 0 saturated carbocycles. The zero-order valence-electron chi connectivity index (χ0n) is 12.0. The fourth-order valence-electron chi connectivity index (χ4n) is 1.71. The summed E-state index contributed by atoms with van der Waals surface area (Å²) in [6.07, 6.45) is 2.57. The fourth-order valence-corrected chi connectivity index (χ4v) is 1.71. The van der Waals surface area contributed by atoms with Gasteiger partial charge in [-0.15, -0.1) is 0 Å². The first-order valence-electron chi connectivity index (χ1n) is 6.52. The second kappa shape index (κ2) is 7.53. The van der Waals surface area contributed by atoms with Gasteiger partial charge in [0, 0.05) is 5.56 Å². The van der Waals surface area contributed by atoms with Crippen LogP contribution < -0.4 is 4.74 Å². The molecule has 3 nitrogen and oxygen atoms in total. The molecule has 0 amide bonds. The first-order valence-corrected chi connectivity index (χ1v) is 6.52. The van der Waals surface area contributed by atoms with Gasteiger partial charge < -0.3 is 4.74 Å². The summed E-state index contributed by atoms with van der Waals surface area (Å²) in [4.78, 5) is 0. The fraction of sp³-hybridized carbons (Fsp3) is 0.125. The average molecular weight is 324 g/mol. The van der Waals surface area contributed by atoms with E-state index in [4.69, 9.17) is 0 Å². The van der Waals surface area contributed by atoms with Crippen LogP contribution in [0.5, 0.6) is 5.75 Å². The van der Waals surface area contributed by atoms with Gasteiger partial charge in [0.1, 0.15) is 0 Å². The molecule has 0 unspecified atom stereocenters. The van der Waals surface area contributed by atoms with E-state index < -0.39 is 24.0 Å². The molecule has 0 N–H and O–H groups in total. The molecule has 0 aliphatic carbocycles. The van der Waals surface area contributed by atoms with Gasteiger partial charge in [0.25, 0.3) is 0 Å². The predicted molar refractivity (Wildman–Crippen MR) is 79.4 cm³/mol. The molecular formula is C16H12F4N2O. The van der Waals surface area contributed by atoms with Gasteiger partial charge in [-0.3, -0.25) is 0 Å². The highest BCUT2D eigenvalue weighted by Crippen LogP contribution is 2.24. The van der Waals surface area contributed by atoms with Crippen LogP contribution in [0.1, 0.15) is 16.7 Å². The van der Waals surface area contributed by atoms with Crippen molar-refractivity contribution in [2.45, 2.75) is 13.5 Å². The number of nitrogens with zero attached hydrogens (tertiary/aromatic N) is 2. The summed E-state index contributed by atoms with van der Waals surface area (Å²) in [5, 5.41) is 7.40. The Labute approximate surface area is 129 Å². The van der Waals surface area contributed by atoms with Gasteiger partial charge in [0.2, 0.25) is 0 Å². The number of ether oxygens (including phenoxy) is 1. The number of halogens is 4. The van der Waals surface area contributed by atoms with Crippen molar-refractivity contribution < 1.29 is 22.3 Å². The summed E-state index contributed by atoms with van der Waals surface area (Å²) in [7, 11) is 0. The van der Waals surface area contributed by atoms with Gasteiger partial charge in [-0.1, -0.05) is 29.8 Å². The Kier molecular flexibility index (Phi) is 5.46. The Morgan fingerprint density at radius 1 is 0.913 bits per heavy atom. The highest BCUT2D eigenvalue weighted by atomic mass is 19.3. The van der Waals surface area contributed by atoms with Crippen LogP contribution in [-0.4, -0.2) is 19.0 Å². The summed E-state index contributed by atoms with van der Waals surface area (Å²) in [6.45, 7) is -1.36. The van der Waals surface area contributed by atoms with Crippen molar-refractivity contribution >= 4 is 12.4 Å². The summed E-state index contributed by atoms with van der Waals surface area (Å²) < 4.78 is 54.8. The first-order chi connectivity index (χ1) is 11.0. The molecule has 7 heteroatoms. The van der Waals surface area contributed by atoms with Crippen LogP contribution in [0, 0.1) is 18.6 Å². The lowest BCUT2D eigenvalue weighted by Crippen LogP contribution is -2.06. The normalized spacial score (nSPS) is 11.7. The molecule has 0 aliphatic rings. The van der Waals surface area contributed by atoms with Crippen LogP contribution in [0.2, 0.25) is 0 Å². The Morgan fingerprint density at radius 2 is 1.43 bits per heavy atom. The van der Waals surface area contributed by atoms with Crippen molar-refractivity contribution in [1.29, 1.82) is 0 Å². The van der Waals surface area contributed by atoms with Crippen molar-refractivity contribution in [1.82, 2.24) is 0 Å². The highest BCUT2D eigenvalue weighted by molar-refractivity contribution is 5.82. The predicted octanol–water partition coefficient (Wildman–Crippen LogP) is 4.33. The maximum absolute atomic E-state index is 13.5. The van der Waals surface area contributed by atoms with Gasteiger partial charge in [-0.25, -0.2) is 8.78 Å². The highest BCUT2D eigenvalue weighted by Gasteiger charge is 2.16. The number of alkyl halides is 2. The smallest absolute Gasteiger partial charge is 0.387 e. The third kappa shape index (κ3) is 4.91. The van der Waals surface area contributed by atoms with Crippen molar-refractivity contribution in [2.24, 2.45) is 10.2 Å². The van der Waals surface area contributed by atoms with E-state index in [-0.39, 0.29) is 5.56 Å².